The van der Waals surface area contributed by atoms with Crippen LogP contribution in [0.25, 0.3) is 11.1 Å². The zero-order valence-corrected chi connectivity index (χ0v) is 17.0. The lowest BCUT2D eigenvalue weighted by molar-refractivity contribution is -0.118. The number of sulfone groups is 1. The average molecular weight is 418 g/mol. The highest BCUT2D eigenvalue weighted by molar-refractivity contribution is 7.91. The van der Waals surface area contributed by atoms with Crippen LogP contribution in [-0.2, 0) is 21.7 Å². The molecule has 3 rings (SSSR count). The first-order valence-electron chi connectivity index (χ1n) is 8.63. The molecule has 0 spiro atoms. The van der Waals surface area contributed by atoms with Gasteiger partial charge in [0.25, 0.3) is 0 Å². The van der Waals surface area contributed by atoms with E-state index in [0.717, 1.165) is 11.1 Å². The standard InChI is InChI=1S/C20H20ClN3O3S/c1-3-28(26,27)18-6-4-13(5-7-18)19(20(22)25)15-8-14(9-17(21)10-15)16-11-23-24(2)12-16/h4-12,19H,3H2,1-2H3,(H2,22,25). The van der Waals surface area contributed by atoms with Gasteiger partial charge in [-0.05, 0) is 47.0 Å². The van der Waals surface area contributed by atoms with Gasteiger partial charge in [0.2, 0.25) is 5.91 Å². The highest BCUT2D eigenvalue weighted by Crippen LogP contribution is 2.32. The van der Waals surface area contributed by atoms with Crippen molar-refractivity contribution >= 4 is 27.3 Å². The van der Waals surface area contributed by atoms with Crippen LogP contribution >= 0.6 is 11.6 Å². The van der Waals surface area contributed by atoms with Crippen LogP contribution in [0.1, 0.15) is 24.0 Å². The number of rotatable bonds is 6. The van der Waals surface area contributed by atoms with E-state index >= 15 is 0 Å². The maximum absolute atomic E-state index is 12.2. The summed E-state index contributed by atoms with van der Waals surface area (Å²) in [4.78, 5) is 12.5. The van der Waals surface area contributed by atoms with Crippen molar-refractivity contribution in [3.63, 3.8) is 0 Å². The van der Waals surface area contributed by atoms with Gasteiger partial charge < -0.3 is 5.73 Å². The molecule has 0 fully saturated rings. The first-order valence-corrected chi connectivity index (χ1v) is 10.7. The second-order valence-corrected chi connectivity index (χ2v) is 9.20. The summed E-state index contributed by atoms with van der Waals surface area (Å²) in [6.45, 7) is 1.58. The molecule has 1 aromatic heterocycles. The molecule has 1 atom stereocenters. The molecule has 0 radical (unpaired) electrons. The van der Waals surface area contributed by atoms with Crippen molar-refractivity contribution in [2.45, 2.75) is 17.7 Å². The first kappa shape index (κ1) is 20.1. The van der Waals surface area contributed by atoms with Crippen LogP contribution in [0.4, 0.5) is 0 Å². The summed E-state index contributed by atoms with van der Waals surface area (Å²) in [6, 6.07) is 11.5. The maximum Gasteiger partial charge on any atom is 0.229 e. The van der Waals surface area contributed by atoms with Gasteiger partial charge in [-0.25, -0.2) is 8.42 Å². The van der Waals surface area contributed by atoms with Crippen LogP contribution in [-0.4, -0.2) is 29.9 Å². The Labute approximate surface area is 168 Å². The van der Waals surface area contributed by atoms with Gasteiger partial charge in [0.05, 0.1) is 22.8 Å². The summed E-state index contributed by atoms with van der Waals surface area (Å²) in [5.74, 6) is -1.30. The topological polar surface area (TPSA) is 95.0 Å². The minimum atomic E-state index is -3.32. The molecular weight excluding hydrogens is 398 g/mol. The number of hydrogen-bond acceptors (Lipinski definition) is 4. The molecule has 2 N–H and O–H groups in total. The van der Waals surface area contributed by atoms with Crippen molar-refractivity contribution < 1.29 is 13.2 Å². The Hall–Kier alpha value is -2.64. The molecule has 28 heavy (non-hydrogen) atoms. The number of aromatic nitrogens is 2. The fourth-order valence-electron chi connectivity index (χ4n) is 3.07. The molecule has 1 unspecified atom stereocenters. The third-order valence-electron chi connectivity index (χ3n) is 4.53. The molecule has 2 aromatic carbocycles. The number of hydrogen-bond donors (Lipinski definition) is 1. The van der Waals surface area contributed by atoms with Crippen molar-refractivity contribution in [2.24, 2.45) is 12.8 Å². The summed E-state index contributed by atoms with van der Waals surface area (Å²) >= 11 is 6.29. The molecule has 0 bridgehead atoms. The van der Waals surface area contributed by atoms with E-state index in [4.69, 9.17) is 17.3 Å². The van der Waals surface area contributed by atoms with Gasteiger partial charge in [-0.3, -0.25) is 9.48 Å². The molecule has 6 nitrogen and oxygen atoms in total. The third-order valence-corrected chi connectivity index (χ3v) is 6.50. The zero-order valence-electron chi connectivity index (χ0n) is 15.5. The molecule has 3 aromatic rings. The Morgan fingerprint density at radius 1 is 1.14 bits per heavy atom. The SMILES string of the molecule is CCS(=O)(=O)c1ccc(C(C(N)=O)c2cc(Cl)cc(-c3cnn(C)c3)c2)cc1. The molecule has 8 heteroatoms. The quantitative estimate of drug-likeness (QED) is 0.666. The second-order valence-electron chi connectivity index (χ2n) is 6.48. The van der Waals surface area contributed by atoms with E-state index in [9.17, 15) is 13.2 Å². The normalized spacial score (nSPS) is 12.7. The van der Waals surface area contributed by atoms with Gasteiger partial charge in [0.1, 0.15) is 0 Å². The number of halogens is 1. The first-order chi connectivity index (χ1) is 13.2. The van der Waals surface area contributed by atoms with Crippen LogP contribution in [0.3, 0.4) is 0 Å². The Morgan fingerprint density at radius 2 is 1.82 bits per heavy atom. The predicted molar refractivity (Wildman–Crippen MR) is 109 cm³/mol. The minimum Gasteiger partial charge on any atom is -0.369 e. The molecule has 0 aliphatic heterocycles. The number of aryl methyl sites for hydroxylation is 1. The van der Waals surface area contributed by atoms with Crippen molar-refractivity contribution in [2.75, 3.05) is 5.75 Å². The summed E-state index contributed by atoms with van der Waals surface area (Å²) in [5.41, 5.74) is 8.58. The van der Waals surface area contributed by atoms with E-state index < -0.39 is 21.7 Å². The van der Waals surface area contributed by atoms with E-state index in [1.165, 1.54) is 12.1 Å². The lowest BCUT2D eigenvalue weighted by Crippen LogP contribution is -2.22. The summed E-state index contributed by atoms with van der Waals surface area (Å²) in [7, 11) is -1.51. The number of benzene rings is 2. The Balaban J connectivity index is 2.06. The van der Waals surface area contributed by atoms with Crippen LogP contribution in [0.5, 0.6) is 0 Å². The largest absolute Gasteiger partial charge is 0.369 e. The van der Waals surface area contributed by atoms with Crippen LogP contribution in [0.2, 0.25) is 5.02 Å². The van der Waals surface area contributed by atoms with Crippen molar-refractivity contribution in [3.05, 3.63) is 71.0 Å². The molecule has 0 saturated heterocycles. The van der Waals surface area contributed by atoms with Gasteiger partial charge in [-0.1, -0.05) is 30.7 Å². The van der Waals surface area contributed by atoms with Crippen LogP contribution < -0.4 is 5.73 Å². The van der Waals surface area contributed by atoms with Gasteiger partial charge >= 0.3 is 0 Å². The Kier molecular flexibility index (Phi) is 5.58. The highest BCUT2D eigenvalue weighted by atomic mass is 35.5. The zero-order chi connectivity index (χ0) is 20.5. The number of carbonyl (C=O) groups excluding carboxylic acids is 1. The Morgan fingerprint density at radius 3 is 2.36 bits per heavy atom. The van der Waals surface area contributed by atoms with Crippen molar-refractivity contribution in [1.82, 2.24) is 9.78 Å². The molecule has 146 valence electrons. The minimum absolute atomic E-state index is 0.00829. The fourth-order valence-corrected chi connectivity index (χ4v) is 4.20. The highest BCUT2D eigenvalue weighted by Gasteiger charge is 2.22. The number of carbonyl (C=O) groups is 1. The van der Waals surface area contributed by atoms with Gasteiger partial charge in [-0.2, -0.15) is 5.10 Å². The molecule has 0 aliphatic rings. The average Bonchev–Trinajstić information content (AvgIpc) is 3.08. The van der Waals surface area contributed by atoms with Crippen LogP contribution in [0.15, 0.2) is 59.8 Å². The van der Waals surface area contributed by atoms with E-state index in [1.807, 2.05) is 19.3 Å². The van der Waals surface area contributed by atoms with E-state index in [0.29, 0.717) is 16.1 Å². The molecule has 1 amide bonds. The monoisotopic (exact) mass is 417 g/mol. The number of nitrogens with two attached hydrogens (primary N) is 1. The fraction of sp³-hybridized carbons (Fsp3) is 0.200. The molecule has 1 heterocycles. The van der Waals surface area contributed by atoms with E-state index in [2.05, 4.69) is 5.10 Å². The number of amides is 1. The summed E-state index contributed by atoms with van der Waals surface area (Å²) < 4.78 is 25.7. The third kappa shape index (κ3) is 4.10. The lowest BCUT2D eigenvalue weighted by Gasteiger charge is -2.16. The van der Waals surface area contributed by atoms with E-state index in [-0.39, 0.29) is 10.6 Å². The van der Waals surface area contributed by atoms with Crippen molar-refractivity contribution in [1.29, 1.82) is 0 Å². The van der Waals surface area contributed by atoms with Gasteiger partial charge in [0.15, 0.2) is 9.84 Å². The predicted octanol–water partition coefficient (Wildman–Crippen LogP) is 3.15. The smallest absolute Gasteiger partial charge is 0.229 e. The second kappa shape index (κ2) is 7.77. The lowest BCUT2D eigenvalue weighted by atomic mass is 9.89. The maximum atomic E-state index is 12.2. The number of primary amides is 1. The van der Waals surface area contributed by atoms with E-state index in [1.54, 1.807) is 42.1 Å². The summed E-state index contributed by atoms with van der Waals surface area (Å²) in [6.07, 6.45) is 3.55. The van der Waals surface area contributed by atoms with Crippen molar-refractivity contribution in [3.8, 4) is 11.1 Å². The molecule has 0 saturated carbocycles. The Bertz CT molecular complexity index is 1120. The van der Waals surface area contributed by atoms with Crippen LogP contribution in [0, 0.1) is 0 Å². The summed E-state index contributed by atoms with van der Waals surface area (Å²) in [5, 5.41) is 4.62. The molecule has 0 aliphatic carbocycles. The number of nitrogens with zero attached hydrogens (tertiary/aromatic N) is 2. The van der Waals surface area contributed by atoms with Gasteiger partial charge in [-0.15, -0.1) is 0 Å². The van der Waals surface area contributed by atoms with Gasteiger partial charge in [0, 0.05) is 23.8 Å². The molecular formula is C20H20ClN3O3S.